The largest absolute Gasteiger partial charge is 0.508 e. The highest BCUT2D eigenvalue weighted by Gasteiger charge is 2.25. The SMILES string of the molecule is CN(C)c1ccc2c(-c3ccc(C(=O)NCC(=O)NCc4ccc(-c5c6ccc(=O)cc-6oc6cc(O)ccc56)c(C(=O)O)c4)cc3C(=O)O)c3ccc(=[N+](C)C)cc-3oc2c1. The first kappa shape index (κ1) is 40.5. The number of hydrogen-bond acceptors (Lipinski definition) is 9. The average Bonchev–Trinajstić information content (AvgIpc) is 3.24. The lowest BCUT2D eigenvalue weighted by molar-refractivity contribution is -0.120. The van der Waals surface area contributed by atoms with Gasteiger partial charge in [-0.15, -0.1) is 0 Å². The van der Waals surface area contributed by atoms with Crippen LogP contribution in [0.15, 0.2) is 123 Å². The second-order valence-corrected chi connectivity index (χ2v) is 15.2. The van der Waals surface area contributed by atoms with E-state index in [-0.39, 0.29) is 45.8 Å². The van der Waals surface area contributed by atoms with E-state index in [1.807, 2.05) is 74.1 Å². The Morgan fingerprint density at radius 3 is 1.90 bits per heavy atom. The number of benzene rings is 6. The van der Waals surface area contributed by atoms with Crippen LogP contribution < -0.4 is 30.9 Å². The third-order valence-electron chi connectivity index (χ3n) is 10.7. The van der Waals surface area contributed by atoms with Gasteiger partial charge in [-0.2, -0.15) is 0 Å². The zero-order chi connectivity index (χ0) is 44.0. The number of carboxylic acid groups (broad SMARTS) is 2. The summed E-state index contributed by atoms with van der Waals surface area (Å²) in [5.41, 5.74) is 4.61. The molecule has 0 aromatic heterocycles. The lowest BCUT2D eigenvalue weighted by Gasteiger charge is -2.19. The quantitative estimate of drug-likeness (QED) is 0.0762. The van der Waals surface area contributed by atoms with Crippen LogP contribution in [0.4, 0.5) is 5.69 Å². The summed E-state index contributed by atoms with van der Waals surface area (Å²) < 4.78 is 14.2. The zero-order valence-corrected chi connectivity index (χ0v) is 33.9. The van der Waals surface area contributed by atoms with E-state index in [1.54, 1.807) is 30.3 Å². The standard InChI is InChI=1S/C48H38N4O10/c1-51(2)27-7-13-33-39(19-27)61-40-20-28(52(3)4)8-14-34(40)45(33)32-12-6-26(18-38(32)48(59)60)46(56)50-24-43(55)49-23-25-5-11-31(37(17-25)47(57)58)44-35-15-9-29(53)21-41(35)62-42-22-30(54)10-16-36(42)44/h5-22H,23-24H2,1-4H3,(H4-,49,50,53,54,55,56,57,58,59,60)/p+1. The Kier molecular flexibility index (Phi) is 10.5. The molecule has 0 saturated heterocycles. The number of hydrogen-bond donors (Lipinski definition) is 5. The predicted molar refractivity (Wildman–Crippen MR) is 234 cm³/mol. The molecule has 4 aromatic rings. The van der Waals surface area contributed by atoms with Crippen molar-refractivity contribution in [2.45, 2.75) is 6.54 Å². The number of carboxylic acids is 2. The van der Waals surface area contributed by atoms with E-state index in [4.69, 9.17) is 8.83 Å². The van der Waals surface area contributed by atoms with Crippen molar-refractivity contribution in [3.8, 4) is 50.7 Å². The fourth-order valence-corrected chi connectivity index (χ4v) is 7.57. The molecule has 4 aliphatic rings. The molecule has 310 valence electrons. The van der Waals surface area contributed by atoms with Crippen molar-refractivity contribution in [3.63, 3.8) is 0 Å². The lowest BCUT2D eigenvalue weighted by atomic mass is 9.89. The summed E-state index contributed by atoms with van der Waals surface area (Å²) in [5, 5.41) is 38.2. The molecule has 14 nitrogen and oxygen atoms in total. The lowest BCUT2D eigenvalue weighted by Crippen LogP contribution is -2.36. The molecule has 2 amide bonds. The van der Waals surface area contributed by atoms with Crippen molar-refractivity contribution in [2.75, 3.05) is 39.6 Å². The zero-order valence-electron chi connectivity index (χ0n) is 33.9. The fourth-order valence-electron chi connectivity index (χ4n) is 7.57. The number of phenols is 1. The highest BCUT2D eigenvalue weighted by molar-refractivity contribution is 6.10. The smallest absolute Gasteiger partial charge is 0.336 e. The van der Waals surface area contributed by atoms with Gasteiger partial charge in [0, 0.05) is 89.2 Å². The molecule has 8 rings (SSSR count). The molecule has 5 N–H and O–H groups in total. The molecule has 2 aliphatic heterocycles. The number of fused-ring (bicyclic) bond motifs is 4. The van der Waals surface area contributed by atoms with Gasteiger partial charge in [-0.3, -0.25) is 14.4 Å². The van der Waals surface area contributed by atoms with Gasteiger partial charge in [0.1, 0.15) is 42.5 Å². The van der Waals surface area contributed by atoms with Gasteiger partial charge in [-0.25, -0.2) is 14.2 Å². The van der Waals surface area contributed by atoms with Crippen molar-refractivity contribution in [3.05, 3.63) is 147 Å². The number of aromatic carboxylic acids is 2. The number of phenolic OH excluding ortho intramolecular Hbond substituents is 1. The van der Waals surface area contributed by atoms with Gasteiger partial charge >= 0.3 is 11.9 Å². The highest BCUT2D eigenvalue weighted by atomic mass is 16.4. The van der Waals surface area contributed by atoms with Crippen LogP contribution in [0.25, 0.3) is 66.8 Å². The first-order valence-electron chi connectivity index (χ1n) is 19.3. The number of nitrogens with one attached hydrogen (secondary N) is 2. The number of carbonyl (C=O) groups is 4. The van der Waals surface area contributed by atoms with Crippen molar-refractivity contribution in [1.82, 2.24) is 15.2 Å². The Hall–Kier alpha value is -8.26. The molecule has 2 aliphatic carbocycles. The number of nitrogens with zero attached hydrogens (tertiary/aromatic N) is 2. The molecule has 0 unspecified atom stereocenters. The number of aromatic hydroxyl groups is 1. The van der Waals surface area contributed by atoms with Crippen LogP contribution in [0.2, 0.25) is 0 Å². The van der Waals surface area contributed by atoms with Gasteiger partial charge in [0.2, 0.25) is 11.3 Å². The molecule has 4 aromatic carbocycles. The van der Waals surface area contributed by atoms with Gasteiger partial charge in [-0.05, 0) is 77.4 Å². The average molecular weight is 832 g/mol. The monoisotopic (exact) mass is 831 g/mol. The van der Waals surface area contributed by atoms with Gasteiger partial charge in [0.25, 0.3) is 5.91 Å². The maximum absolute atomic E-state index is 13.4. The maximum Gasteiger partial charge on any atom is 0.336 e. The molecule has 0 bridgehead atoms. The molecule has 0 fully saturated rings. The Morgan fingerprint density at radius 2 is 1.24 bits per heavy atom. The fraction of sp³-hybridized carbons (Fsp3) is 0.125. The van der Waals surface area contributed by atoms with Crippen molar-refractivity contribution < 1.29 is 43.3 Å². The van der Waals surface area contributed by atoms with Crippen LogP contribution in [0.3, 0.4) is 0 Å². The second-order valence-electron chi connectivity index (χ2n) is 15.2. The maximum atomic E-state index is 13.4. The Morgan fingerprint density at radius 1 is 0.645 bits per heavy atom. The van der Waals surface area contributed by atoms with Crippen LogP contribution in [0.5, 0.6) is 5.75 Å². The number of anilines is 1. The van der Waals surface area contributed by atoms with Crippen LogP contribution in [-0.4, -0.2) is 73.8 Å². The van der Waals surface area contributed by atoms with E-state index in [9.17, 15) is 39.3 Å². The van der Waals surface area contributed by atoms with E-state index in [0.717, 1.165) is 11.0 Å². The van der Waals surface area contributed by atoms with Crippen LogP contribution >= 0.6 is 0 Å². The predicted octanol–water partition coefficient (Wildman–Crippen LogP) is 6.33. The summed E-state index contributed by atoms with van der Waals surface area (Å²) in [6, 6.07) is 29.0. The number of amides is 2. The van der Waals surface area contributed by atoms with Crippen molar-refractivity contribution >= 4 is 51.4 Å². The molecule has 0 spiro atoms. The van der Waals surface area contributed by atoms with E-state index < -0.39 is 30.3 Å². The third-order valence-corrected chi connectivity index (χ3v) is 10.7. The molecule has 0 radical (unpaired) electrons. The minimum Gasteiger partial charge on any atom is -0.508 e. The van der Waals surface area contributed by atoms with Gasteiger partial charge < -0.3 is 39.7 Å². The first-order valence-corrected chi connectivity index (χ1v) is 19.3. The summed E-state index contributed by atoms with van der Waals surface area (Å²) in [4.78, 5) is 65.9. The van der Waals surface area contributed by atoms with Gasteiger partial charge in [0.15, 0.2) is 5.43 Å². The summed E-state index contributed by atoms with van der Waals surface area (Å²) in [6.07, 6.45) is 0. The van der Waals surface area contributed by atoms with Crippen LogP contribution in [0, 0.1) is 0 Å². The third kappa shape index (κ3) is 7.68. The number of rotatable bonds is 10. The summed E-state index contributed by atoms with van der Waals surface area (Å²) >= 11 is 0. The molecular weight excluding hydrogens is 793 g/mol. The summed E-state index contributed by atoms with van der Waals surface area (Å²) in [5.74, 6) is -3.07. The number of carbonyl (C=O) groups excluding carboxylic acids is 2. The second kappa shape index (κ2) is 16.1. The Bertz CT molecular complexity index is 3230. The molecule has 0 atom stereocenters. The summed E-state index contributed by atoms with van der Waals surface area (Å²) in [6.45, 7) is -0.533. The van der Waals surface area contributed by atoms with E-state index in [0.29, 0.717) is 61.1 Å². The van der Waals surface area contributed by atoms with Crippen LogP contribution in [0.1, 0.15) is 36.6 Å². The van der Waals surface area contributed by atoms with E-state index in [1.165, 1.54) is 42.5 Å². The summed E-state index contributed by atoms with van der Waals surface area (Å²) in [7, 11) is 7.64. The topological polar surface area (TPSA) is 203 Å². The van der Waals surface area contributed by atoms with Crippen molar-refractivity contribution in [1.29, 1.82) is 0 Å². The highest BCUT2D eigenvalue weighted by Crippen LogP contribution is 2.44. The first-order chi connectivity index (χ1) is 29.7. The molecule has 2 heterocycles. The molecule has 62 heavy (non-hydrogen) atoms. The normalized spacial score (nSPS) is 11.2. The van der Waals surface area contributed by atoms with Crippen molar-refractivity contribution in [2.24, 2.45) is 0 Å². The minimum absolute atomic E-state index is 0.0232. The Labute approximate surface area is 352 Å². The van der Waals surface area contributed by atoms with Gasteiger partial charge in [0.05, 0.1) is 23.7 Å². The Balaban J connectivity index is 1.03. The van der Waals surface area contributed by atoms with Gasteiger partial charge in [-0.1, -0.05) is 18.2 Å². The van der Waals surface area contributed by atoms with Crippen LogP contribution in [-0.2, 0) is 11.3 Å². The minimum atomic E-state index is -1.25. The molecular formula is C48H39N4O10+. The molecule has 0 saturated carbocycles. The van der Waals surface area contributed by atoms with E-state index >= 15 is 0 Å². The molecule has 14 heteroatoms. The van der Waals surface area contributed by atoms with E-state index in [2.05, 4.69) is 10.6 Å².